The lowest BCUT2D eigenvalue weighted by Crippen LogP contribution is -2.06. The third kappa shape index (κ3) is 5.98. The number of aliphatic hydroxyl groups is 1. The average molecular weight is 422 g/mol. The van der Waals surface area contributed by atoms with E-state index in [2.05, 4.69) is 24.9 Å². The fraction of sp³-hybridized carbons (Fsp3) is 0.0625. The highest BCUT2D eigenvalue weighted by Crippen LogP contribution is 2.41. The molecule has 0 saturated heterocycles. The van der Waals surface area contributed by atoms with Gasteiger partial charge in [-0.3, -0.25) is 14.9 Å². The van der Waals surface area contributed by atoms with Gasteiger partial charge in [-0.05, 0) is 12.1 Å². The summed E-state index contributed by atoms with van der Waals surface area (Å²) in [5.74, 6) is -1.87. The number of hydrogen-bond donors (Lipinski definition) is 4. The average Bonchev–Trinajstić information content (AvgIpc) is 2.68. The molecule has 0 bridgehead atoms. The molecule has 2 aromatic rings. The maximum absolute atomic E-state index is 11.8. The van der Waals surface area contributed by atoms with Crippen molar-refractivity contribution in [2.45, 2.75) is 11.8 Å². The zero-order chi connectivity index (χ0) is 21.4. The highest BCUT2D eigenvalue weighted by molar-refractivity contribution is 7.94. The minimum atomic E-state index is -0.765. The molecule has 0 heterocycles. The first-order chi connectivity index (χ1) is 13.8. The van der Waals surface area contributed by atoms with Crippen LogP contribution in [0.3, 0.4) is 0 Å². The highest BCUT2D eigenvalue weighted by Gasteiger charge is 2.19. The van der Waals surface area contributed by atoms with Crippen molar-refractivity contribution in [1.29, 1.82) is 0 Å². The van der Waals surface area contributed by atoms with Gasteiger partial charge in [-0.15, -0.1) is 14.6 Å². The van der Waals surface area contributed by atoms with Crippen molar-refractivity contribution < 1.29 is 34.6 Å². The summed E-state index contributed by atoms with van der Waals surface area (Å²) in [4.78, 5) is 21.9. The number of allylic oxidation sites excluding steroid dienone is 1. The molecule has 12 nitrogen and oxygen atoms in total. The number of carbonyl (C=O) groups is 1. The number of azo groups is 1. The number of phenols is 1. The molecule has 0 fully saturated rings. The zero-order valence-corrected chi connectivity index (χ0v) is 15.5. The maximum Gasteiger partial charge on any atom is 0.273 e. The Kier molecular flexibility index (Phi) is 7.62. The Labute approximate surface area is 167 Å². The fourth-order valence-corrected chi connectivity index (χ4v) is 2.44. The number of nitrogens with zero attached hydrogens (tertiary/aromatic N) is 3. The molecule has 0 aromatic heterocycles. The predicted molar refractivity (Wildman–Crippen MR) is 100 cm³/mol. The lowest BCUT2D eigenvalue weighted by molar-refractivity contribution is -0.432. The van der Waals surface area contributed by atoms with Gasteiger partial charge in [0.15, 0.2) is 17.2 Å². The SMILES string of the molecule is CC(=O)C(/N=N/c1cc([N+](=O)[O-])cc(SOOO)c1O)=C(\O)Nc1ccccc1. The minimum absolute atomic E-state index is 0.220. The van der Waals surface area contributed by atoms with E-state index in [9.17, 15) is 25.1 Å². The number of ketones is 1. The number of aromatic hydroxyl groups is 1. The molecule has 0 radical (unpaired) electrons. The van der Waals surface area contributed by atoms with Gasteiger partial charge in [0.1, 0.15) is 5.69 Å². The standard InChI is InChI=1S/C16H14N4O8S/c1-9(21)14(16(23)17-10-5-3-2-4-6-10)19-18-12-7-11(20(24)25)8-13(15(12)22)29-28-27-26/h2-8,17,22-23,26H,1H3/b16-14+,19-18+. The second kappa shape index (κ2) is 10.1. The summed E-state index contributed by atoms with van der Waals surface area (Å²) < 4.78 is 4.16. The number of benzene rings is 2. The quantitative estimate of drug-likeness (QED) is 0.0869. The van der Waals surface area contributed by atoms with Crippen LogP contribution in [-0.4, -0.2) is 26.2 Å². The van der Waals surface area contributed by atoms with Crippen molar-refractivity contribution in [3.63, 3.8) is 0 Å². The summed E-state index contributed by atoms with van der Waals surface area (Å²) in [7, 11) is 0. The largest absolute Gasteiger partial charge is 0.504 e. The van der Waals surface area contributed by atoms with Crippen LogP contribution in [0.25, 0.3) is 0 Å². The number of nitro benzene ring substituents is 1. The van der Waals surface area contributed by atoms with Crippen molar-refractivity contribution >= 4 is 34.9 Å². The van der Waals surface area contributed by atoms with Gasteiger partial charge in [0.05, 0.1) is 21.9 Å². The van der Waals surface area contributed by atoms with Gasteiger partial charge in [0.2, 0.25) is 5.88 Å². The van der Waals surface area contributed by atoms with E-state index in [1.807, 2.05) is 0 Å². The molecule has 0 aliphatic heterocycles. The first-order valence-electron chi connectivity index (χ1n) is 7.67. The molecular weight excluding hydrogens is 408 g/mol. The van der Waals surface area contributed by atoms with Crippen LogP contribution >= 0.6 is 12.0 Å². The number of carbonyl (C=O) groups excluding carboxylic acids is 1. The van der Waals surface area contributed by atoms with E-state index in [1.54, 1.807) is 30.3 Å². The van der Waals surface area contributed by atoms with Gasteiger partial charge < -0.3 is 15.5 Å². The molecule has 13 heteroatoms. The Bertz CT molecular complexity index is 965. The lowest BCUT2D eigenvalue weighted by Gasteiger charge is -2.07. The van der Waals surface area contributed by atoms with Crippen LogP contribution in [0.15, 0.2) is 69.2 Å². The smallest absolute Gasteiger partial charge is 0.273 e. The van der Waals surface area contributed by atoms with Crippen LogP contribution in [0.2, 0.25) is 0 Å². The third-order valence-electron chi connectivity index (χ3n) is 3.26. The van der Waals surface area contributed by atoms with Gasteiger partial charge in [-0.2, -0.15) is 0 Å². The summed E-state index contributed by atoms with van der Waals surface area (Å²) in [5.41, 5.74) is -0.892. The Hall–Kier alpha value is -3.52. The van der Waals surface area contributed by atoms with Gasteiger partial charge in [-0.1, -0.05) is 23.2 Å². The summed E-state index contributed by atoms with van der Waals surface area (Å²) in [6.07, 6.45) is 0. The van der Waals surface area contributed by atoms with Crippen molar-refractivity contribution in [1.82, 2.24) is 0 Å². The summed E-state index contributed by atoms with van der Waals surface area (Å²) >= 11 is 0.272. The van der Waals surface area contributed by atoms with E-state index in [-0.39, 0.29) is 16.9 Å². The topological polar surface area (TPSA) is 176 Å². The minimum Gasteiger partial charge on any atom is -0.504 e. The van der Waals surface area contributed by atoms with E-state index in [0.29, 0.717) is 5.69 Å². The van der Waals surface area contributed by atoms with E-state index in [4.69, 9.17) is 5.26 Å². The summed E-state index contributed by atoms with van der Waals surface area (Å²) in [6.45, 7) is 1.12. The number of phenolic OH excluding ortho intramolecular Hbond substituents is 1. The van der Waals surface area contributed by atoms with Crippen molar-refractivity contribution in [3.05, 3.63) is 64.2 Å². The molecule has 2 rings (SSSR count). The van der Waals surface area contributed by atoms with Crippen LogP contribution in [0, 0.1) is 10.1 Å². The van der Waals surface area contributed by atoms with Crippen molar-refractivity contribution in [2.75, 3.05) is 5.32 Å². The Morgan fingerprint density at radius 3 is 2.55 bits per heavy atom. The third-order valence-corrected chi connectivity index (χ3v) is 3.88. The van der Waals surface area contributed by atoms with E-state index < -0.39 is 39.4 Å². The second-order valence-electron chi connectivity index (χ2n) is 5.24. The number of non-ortho nitro benzene ring substituents is 1. The highest BCUT2D eigenvalue weighted by atomic mass is 32.2. The van der Waals surface area contributed by atoms with E-state index >= 15 is 0 Å². The van der Waals surface area contributed by atoms with Gasteiger partial charge >= 0.3 is 0 Å². The number of rotatable bonds is 9. The van der Waals surface area contributed by atoms with Crippen molar-refractivity contribution in [3.8, 4) is 5.75 Å². The number of para-hydroxylation sites is 1. The number of nitro groups is 1. The van der Waals surface area contributed by atoms with Gasteiger partial charge in [0, 0.05) is 24.7 Å². The molecule has 0 aliphatic rings. The Morgan fingerprint density at radius 2 is 1.97 bits per heavy atom. The number of anilines is 1. The number of nitrogens with one attached hydrogen (secondary N) is 1. The molecule has 0 amide bonds. The molecule has 0 unspecified atom stereocenters. The van der Waals surface area contributed by atoms with Gasteiger partial charge in [0.25, 0.3) is 5.69 Å². The fourth-order valence-electron chi connectivity index (χ4n) is 1.98. The molecule has 0 aliphatic carbocycles. The molecule has 4 N–H and O–H groups in total. The molecule has 0 atom stereocenters. The van der Waals surface area contributed by atoms with Crippen LogP contribution < -0.4 is 5.32 Å². The Morgan fingerprint density at radius 1 is 1.28 bits per heavy atom. The molecule has 0 saturated carbocycles. The van der Waals surface area contributed by atoms with E-state index in [1.165, 1.54) is 0 Å². The zero-order valence-electron chi connectivity index (χ0n) is 14.7. The second-order valence-corrected chi connectivity index (χ2v) is 5.98. The molecule has 29 heavy (non-hydrogen) atoms. The summed E-state index contributed by atoms with van der Waals surface area (Å²) in [6, 6.07) is 10.2. The van der Waals surface area contributed by atoms with Crippen LogP contribution in [0.5, 0.6) is 5.75 Å². The van der Waals surface area contributed by atoms with Gasteiger partial charge in [-0.25, -0.2) is 5.26 Å². The number of hydrogen-bond acceptors (Lipinski definition) is 12. The molecule has 2 aromatic carbocycles. The first-order valence-corrected chi connectivity index (χ1v) is 8.41. The molecule has 152 valence electrons. The Balaban J connectivity index is 2.42. The number of aliphatic hydroxyl groups excluding tert-OH is 1. The van der Waals surface area contributed by atoms with Crippen LogP contribution in [0.1, 0.15) is 6.92 Å². The lowest BCUT2D eigenvalue weighted by atomic mass is 10.2. The first kappa shape index (κ1) is 21.8. The number of Topliss-reactive ketones (excluding diaryl/α,β-unsaturated/α-hetero) is 1. The normalized spacial score (nSPS) is 11.9. The molecule has 0 spiro atoms. The van der Waals surface area contributed by atoms with E-state index in [0.717, 1.165) is 19.1 Å². The maximum atomic E-state index is 11.8. The molecular formula is C16H14N4O8S. The predicted octanol–water partition coefficient (Wildman–Crippen LogP) is 4.24. The summed E-state index contributed by atoms with van der Waals surface area (Å²) in [5, 5.41) is 52.7. The monoisotopic (exact) mass is 422 g/mol. The van der Waals surface area contributed by atoms with Crippen molar-refractivity contribution in [2.24, 2.45) is 10.2 Å². The van der Waals surface area contributed by atoms with Crippen LogP contribution in [-0.2, 0) is 14.2 Å². The van der Waals surface area contributed by atoms with Crippen LogP contribution in [0.4, 0.5) is 17.1 Å².